The van der Waals surface area contributed by atoms with Gasteiger partial charge in [-0.3, -0.25) is 5.10 Å². The molecule has 2 aromatic carbocycles. The molecule has 31 heavy (non-hydrogen) atoms. The summed E-state index contributed by atoms with van der Waals surface area (Å²) in [4.78, 5) is 11.0. The van der Waals surface area contributed by atoms with Crippen molar-refractivity contribution in [2.24, 2.45) is 0 Å². The van der Waals surface area contributed by atoms with Crippen LogP contribution in [0.15, 0.2) is 24.7 Å². The Morgan fingerprint density at radius 1 is 1.06 bits per heavy atom. The maximum atomic E-state index is 16.0. The van der Waals surface area contributed by atoms with Crippen LogP contribution in [0.2, 0.25) is 10.0 Å². The van der Waals surface area contributed by atoms with Crippen molar-refractivity contribution >= 4 is 50.8 Å². The third-order valence-electron chi connectivity index (χ3n) is 6.43. The molecule has 2 aromatic heterocycles. The summed E-state index contributed by atoms with van der Waals surface area (Å²) in [6.45, 7) is 3.55. The lowest BCUT2D eigenvalue weighted by molar-refractivity contribution is 0.464. The zero-order chi connectivity index (χ0) is 21.3. The van der Waals surface area contributed by atoms with E-state index in [2.05, 4.69) is 30.4 Å². The van der Waals surface area contributed by atoms with E-state index in [1.165, 1.54) is 6.33 Å². The summed E-state index contributed by atoms with van der Waals surface area (Å²) < 4.78 is 16.0. The van der Waals surface area contributed by atoms with Crippen LogP contribution in [0.4, 0.5) is 10.2 Å². The number of aryl methyl sites for hydroxylation is 1. The monoisotopic (exact) mass is 456 g/mol. The number of H-pyrrole nitrogens is 1. The molecule has 4 heterocycles. The van der Waals surface area contributed by atoms with Crippen LogP contribution in [-0.2, 0) is 0 Å². The van der Waals surface area contributed by atoms with E-state index in [-0.39, 0.29) is 16.1 Å². The summed E-state index contributed by atoms with van der Waals surface area (Å²) in [5, 5.41) is 12.7. The molecule has 0 saturated carbocycles. The van der Waals surface area contributed by atoms with Crippen LogP contribution in [0.25, 0.3) is 32.9 Å². The molecule has 6 nitrogen and oxygen atoms in total. The van der Waals surface area contributed by atoms with Gasteiger partial charge in [0.1, 0.15) is 17.7 Å². The van der Waals surface area contributed by atoms with Gasteiger partial charge in [0.15, 0.2) is 5.82 Å². The third-order valence-corrected chi connectivity index (χ3v) is 7.22. The topological polar surface area (TPSA) is 69.7 Å². The van der Waals surface area contributed by atoms with Crippen molar-refractivity contribution in [2.75, 3.05) is 18.0 Å². The second-order valence-corrected chi connectivity index (χ2v) is 9.18. The number of nitrogens with one attached hydrogen (secondary N) is 2. The maximum Gasteiger partial charge on any atom is 0.159 e. The van der Waals surface area contributed by atoms with Crippen LogP contribution < -0.4 is 10.2 Å². The van der Waals surface area contributed by atoms with Crippen molar-refractivity contribution in [1.29, 1.82) is 0 Å². The van der Waals surface area contributed by atoms with Crippen LogP contribution in [0.1, 0.15) is 18.4 Å². The molecule has 0 spiro atoms. The highest BCUT2D eigenvalue weighted by Gasteiger charge is 2.34. The lowest BCUT2D eigenvalue weighted by Crippen LogP contribution is -2.51. The van der Waals surface area contributed by atoms with Crippen molar-refractivity contribution in [3.05, 3.63) is 46.1 Å². The number of halogens is 3. The molecule has 2 N–H and O–H groups in total. The van der Waals surface area contributed by atoms with E-state index in [1.54, 1.807) is 12.3 Å². The highest BCUT2D eigenvalue weighted by atomic mass is 35.5. The Morgan fingerprint density at radius 3 is 2.61 bits per heavy atom. The smallest absolute Gasteiger partial charge is 0.159 e. The first-order valence-electron chi connectivity index (χ1n) is 10.3. The van der Waals surface area contributed by atoms with Crippen molar-refractivity contribution < 1.29 is 4.39 Å². The number of nitrogens with zero attached hydrogens (tertiary/aromatic N) is 4. The minimum atomic E-state index is -0.501. The second-order valence-electron chi connectivity index (χ2n) is 8.40. The molecule has 2 saturated heterocycles. The normalized spacial score (nSPS) is 20.8. The Balaban J connectivity index is 1.58. The first-order chi connectivity index (χ1) is 15.0. The first-order valence-corrected chi connectivity index (χ1v) is 11.0. The number of aromatic nitrogens is 4. The molecule has 2 fully saturated rings. The molecule has 2 unspecified atom stereocenters. The summed E-state index contributed by atoms with van der Waals surface area (Å²) >= 11 is 13.3. The minimum Gasteiger partial charge on any atom is -0.353 e. The van der Waals surface area contributed by atoms with Gasteiger partial charge in [0.05, 0.1) is 21.8 Å². The molecule has 0 amide bonds. The predicted octanol–water partition coefficient (Wildman–Crippen LogP) is 4.87. The molecule has 6 rings (SSSR count). The van der Waals surface area contributed by atoms with Crippen molar-refractivity contribution in [3.63, 3.8) is 0 Å². The summed E-state index contributed by atoms with van der Waals surface area (Å²) in [5.41, 5.74) is 2.58. The second kappa shape index (κ2) is 7.02. The van der Waals surface area contributed by atoms with E-state index in [1.807, 2.05) is 13.0 Å². The fraction of sp³-hybridized carbons (Fsp3) is 0.318. The zero-order valence-electron chi connectivity index (χ0n) is 16.7. The molecular weight excluding hydrogens is 438 g/mol. The molecular formula is C22H19Cl2FN6. The van der Waals surface area contributed by atoms with Crippen molar-refractivity contribution in [2.45, 2.75) is 31.8 Å². The molecule has 2 aliphatic rings. The van der Waals surface area contributed by atoms with Gasteiger partial charge in [-0.2, -0.15) is 5.10 Å². The van der Waals surface area contributed by atoms with Crippen molar-refractivity contribution in [1.82, 2.24) is 25.5 Å². The van der Waals surface area contributed by atoms with Gasteiger partial charge in [0.25, 0.3) is 0 Å². The van der Waals surface area contributed by atoms with Gasteiger partial charge in [-0.1, -0.05) is 23.2 Å². The van der Waals surface area contributed by atoms with Crippen LogP contribution in [0.3, 0.4) is 0 Å². The Bertz CT molecular complexity index is 1340. The molecule has 2 atom stereocenters. The Labute approximate surface area is 187 Å². The number of anilines is 1. The molecule has 158 valence electrons. The Kier molecular flexibility index (Phi) is 4.35. The predicted molar refractivity (Wildman–Crippen MR) is 121 cm³/mol. The van der Waals surface area contributed by atoms with Gasteiger partial charge < -0.3 is 10.2 Å². The largest absolute Gasteiger partial charge is 0.353 e. The zero-order valence-corrected chi connectivity index (χ0v) is 18.2. The SMILES string of the molecule is Cc1cc2[nH]ncc2c(-c2c(Cl)cc3c(N4CC5CCC(C4)N5)ncnc3c2F)c1Cl. The summed E-state index contributed by atoms with van der Waals surface area (Å²) in [6, 6.07) is 4.52. The number of hydrogen-bond acceptors (Lipinski definition) is 5. The lowest BCUT2D eigenvalue weighted by atomic mass is 9.97. The van der Waals surface area contributed by atoms with Crippen LogP contribution in [0, 0.1) is 12.7 Å². The summed E-state index contributed by atoms with van der Waals surface area (Å²) in [6.07, 6.45) is 5.36. The fourth-order valence-corrected chi connectivity index (χ4v) is 5.55. The van der Waals surface area contributed by atoms with Crippen LogP contribution >= 0.6 is 23.2 Å². The van der Waals surface area contributed by atoms with E-state index in [0.29, 0.717) is 33.4 Å². The molecule has 2 bridgehead atoms. The lowest BCUT2D eigenvalue weighted by Gasteiger charge is -2.34. The number of rotatable bonds is 2. The average molecular weight is 457 g/mol. The fourth-order valence-electron chi connectivity index (χ4n) is 5.01. The van der Waals surface area contributed by atoms with Crippen molar-refractivity contribution in [3.8, 4) is 11.1 Å². The van der Waals surface area contributed by atoms with E-state index in [4.69, 9.17) is 23.2 Å². The number of hydrogen-bond donors (Lipinski definition) is 2. The number of piperazine rings is 1. The van der Waals surface area contributed by atoms with E-state index >= 15 is 4.39 Å². The molecule has 0 radical (unpaired) electrons. The Hall–Kier alpha value is -2.48. The minimum absolute atomic E-state index is 0.235. The molecule has 2 aliphatic heterocycles. The Morgan fingerprint density at radius 2 is 1.84 bits per heavy atom. The van der Waals surface area contributed by atoms with Crippen LogP contribution in [-0.4, -0.2) is 45.3 Å². The number of aromatic amines is 1. The quantitative estimate of drug-likeness (QED) is 0.450. The standard InChI is InChI=1S/C22H19Cl2FN6/c1-10-4-16-14(6-28-30-16)17(19(10)24)18-15(23)5-13-21(20(18)25)26-9-27-22(13)31-7-11-2-3-12(8-31)29-11/h4-6,9,11-12,29H,2-3,7-8H2,1H3,(H,28,30). The first kappa shape index (κ1) is 19.2. The average Bonchev–Trinajstić information content (AvgIpc) is 3.35. The van der Waals surface area contributed by atoms with Gasteiger partial charge in [0.2, 0.25) is 0 Å². The van der Waals surface area contributed by atoms with Gasteiger partial charge in [-0.25, -0.2) is 14.4 Å². The highest BCUT2D eigenvalue weighted by Crippen LogP contribution is 2.44. The summed E-state index contributed by atoms with van der Waals surface area (Å²) in [5.74, 6) is 0.221. The number of fused-ring (bicyclic) bond motifs is 4. The van der Waals surface area contributed by atoms with Gasteiger partial charge in [-0.15, -0.1) is 0 Å². The summed E-state index contributed by atoms with van der Waals surface area (Å²) in [7, 11) is 0. The van der Waals surface area contributed by atoms with E-state index < -0.39 is 5.82 Å². The molecule has 9 heteroatoms. The highest BCUT2D eigenvalue weighted by molar-refractivity contribution is 6.39. The van der Waals surface area contributed by atoms with E-state index in [9.17, 15) is 0 Å². The molecule has 4 aromatic rings. The maximum absolute atomic E-state index is 16.0. The third kappa shape index (κ3) is 2.91. The van der Waals surface area contributed by atoms with Gasteiger partial charge in [0, 0.05) is 47.1 Å². The van der Waals surface area contributed by atoms with Crippen LogP contribution in [0.5, 0.6) is 0 Å². The van der Waals surface area contributed by atoms with Gasteiger partial charge in [-0.05, 0) is 37.5 Å². The van der Waals surface area contributed by atoms with Gasteiger partial charge >= 0.3 is 0 Å². The number of benzene rings is 2. The van der Waals surface area contributed by atoms with E-state index in [0.717, 1.165) is 42.8 Å². The molecule has 0 aliphatic carbocycles.